The quantitative estimate of drug-likeness (QED) is 0.280. The molecule has 1 aliphatic carbocycles. The van der Waals surface area contributed by atoms with Crippen LogP contribution in [0.4, 0.5) is 22.0 Å². The molecule has 0 aromatic heterocycles. The Labute approximate surface area is 181 Å². The summed E-state index contributed by atoms with van der Waals surface area (Å²) in [5, 5.41) is -0.842. The Morgan fingerprint density at radius 3 is 1.94 bits per heavy atom. The predicted octanol–water partition coefficient (Wildman–Crippen LogP) is 8.21. The lowest BCUT2D eigenvalue weighted by Crippen LogP contribution is -2.23. The van der Waals surface area contributed by atoms with Crippen LogP contribution in [0.1, 0.15) is 42.7 Å². The average molecular weight is 453 g/mol. The summed E-state index contributed by atoms with van der Waals surface area (Å²) in [6, 6.07) is 11.9. The van der Waals surface area contributed by atoms with Gasteiger partial charge in [0.05, 0.1) is 5.56 Å². The van der Waals surface area contributed by atoms with E-state index in [1.165, 1.54) is 24.5 Å². The van der Waals surface area contributed by atoms with Gasteiger partial charge in [-0.05, 0) is 47.6 Å². The minimum Gasteiger partial charge on any atom is -0.429 e. The molecule has 3 aromatic carbocycles. The highest BCUT2D eigenvalue weighted by atomic mass is 35.5. The first kappa shape index (κ1) is 21.6. The van der Waals surface area contributed by atoms with Gasteiger partial charge in [0.1, 0.15) is 28.2 Å². The van der Waals surface area contributed by atoms with Crippen LogP contribution in [0.25, 0.3) is 11.1 Å². The fourth-order valence-electron chi connectivity index (χ4n) is 3.93. The third-order valence-corrected chi connectivity index (χ3v) is 5.92. The molecule has 0 atom stereocenters. The smallest absolute Gasteiger partial charge is 0.429 e. The lowest BCUT2D eigenvalue weighted by Gasteiger charge is -2.19. The van der Waals surface area contributed by atoms with E-state index >= 15 is 0 Å². The van der Waals surface area contributed by atoms with Crippen LogP contribution >= 0.6 is 11.6 Å². The van der Waals surface area contributed by atoms with Crippen LogP contribution in [0.5, 0.6) is 5.75 Å². The molecule has 1 saturated carbocycles. The molecule has 0 unspecified atom stereocenters. The van der Waals surface area contributed by atoms with Crippen molar-refractivity contribution in [3.8, 4) is 16.9 Å². The maximum absolute atomic E-state index is 14.6. The summed E-state index contributed by atoms with van der Waals surface area (Å²) >= 11 is 5.33. The molecule has 1 fully saturated rings. The van der Waals surface area contributed by atoms with Gasteiger partial charge in [-0.1, -0.05) is 54.8 Å². The zero-order valence-electron chi connectivity index (χ0n) is 16.3. The van der Waals surface area contributed by atoms with E-state index in [0.717, 1.165) is 25.0 Å². The molecule has 7 heteroatoms. The molecule has 162 valence electrons. The van der Waals surface area contributed by atoms with Gasteiger partial charge in [-0.25, -0.2) is 13.2 Å². The van der Waals surface area contributed by atoms with Crippen molar-refractivity contribution in [2.45, 2.75) is 37.7 Å². The second-order valence-electron chi connectivity index (χ2n) is 7.62. The third kappa shape index (κ3) is 4.54. The molecule has 0 heterocycles. The zero-order valence-corrected chi connectivity index (χ0v) is 17.0. The number of hydrogen-bond acceptors (Lipinski definition) is 1. The number of rotatable bonds is 5. The molecule has 0 bridgehead atoms. The van der Waals surface area contributed by atoms with Crippen molar-refractivity contribution < 1.29 is 26.7 Å². The normalized spacial score (nSPS) is 14.8. The maximum Gasteiger partial charge on any atom is 0.429 e. The van der Waals surface area contributed by atoms with E-state index < -0.39 is 39.9 Å². The van der Waals surface area contributed by atoms with E-state index in [1.54, 1.807) is 0 Å². The summed E-state index contributed by atoms with van der Waals surface area (Å²) in [7, 11) is 0. The van der Waals surface area contributed by atoms with Gasteiger partial charge in [0.2, 0.25) is 0 Å². The second kappa shape index (κ2) is 8.50. The first-order chi connectivity index (χ1) is 14.7. The van der Waals surface area contributed by atoms with E-state index in [-0.39, 0.29) is 0 Å². The van der Waals surface area contributed by atoms with Crippen molar-refractivity contribution in [3.05, 3.63) is 88.2 Å². The predicted molar refractivity (Wildman–Crippen MR) is 109 cm³/mol. The van der Waals surface area contributed by atoms with Crippen molar-refractivity contribution in [2.75, 3.05) is 0 Å². The third-order valence-electron chi connectivity index (χ3n) is 5.56. The van der Waals surface area contributed by atoms with Gasteiger partial charge in [0.25, 0.3) is 0 Å². The van der Waals surface area contributed by atoms with Crippen molar-refractivity contribution in [3.63, 3.8) is 0 Å². The van der Waals surface area contributed by atoms with Crippen LogP contribution in [0, 0.1) is 17.5 Å². The van der Waals surface area contributed by atoms with E-state index in [0.29, 0.717) is 29.2 Å². The Morgan fingerprint density at radius 2 is 1.35 bits per heavy atom. The molecule has 1 nitrogen and oxygen atoms in total. The van der Waals surface area contributed by atoms with Crippen molar-refractivity contribution >= 4 is 11.6 Å². The topological polar surface area (TPSA) is 9.23 Å². The lowest BCUT2D eigenvalue weighted by atomic mass is 9.95. The molecule has 0 saturated heterocycles. The number of alkyl halides is 2. The first-order valence-electron chi connectivity index (χ1n) is 9.86. The van der Waals surface area contributed by atoms with Gasteiger partial charge in [-0.3, -0.25) is 0 Å². The fraction of sp³-hybridized carbons (Fsp3) is 0.250. The molecule has 3 aromatic rings. The van der Waals surface area contributed by atoms with E-state index in [1.807, 2.05) is 24.3 Å². The average Bonchev–Trinajstić information content (AvgIpc) is 3.26. The highest BCUT2D eigenvalue weighted by molar-refractivity contribution is 6.30. The number of hydrogen-bond donors (Lipinski definition) is 0. The maximum atomic E-state index is 14.6. The van der Waals surface area contributed by atoms with Gasteiger partial charge < -0.3 is 4.74 Å². The number of ether oxygens (including phenoxy) is 1. The molecular formula is C24H18ClF5O. The number of halogens is 6. The first-order valence-corrected chi connectivity index (χ1v) is 10.2. The lowest BCUT2D eigenvalue weighted by molar-refractivity contribution is -0.187. The summed E-state index contributed by atoms with van der Waals surface area (Å²) in [5.74, 6) is -3.99. The Kier molecular flexibility index (Phi) is 5.93. The van der Waals surface area contributed by atoms with Crippen molar-refractivity contribution in [1.29, 1.82) is 0 Å². The Hall–Kier alpha value is -2.60. The van der Waals surface area contributed by atoms with Crippen molar-refractivity contribution in [1.82, 2.24) is 0 Å². The van der Waals surface area contributed by atoms with Crippen LogP contribution in [-0.4, -0.2) is 0 Å². The summed E-state index contributed by atoms with van der Waals surface area (Å²) < 4.78 is 74.9. The zero-order chi connectivity index (χ0) is 22.2. The molecule has 4 rings (SSSR count). The molecule has 0 aliphatic heterocycles. The van der Waals surface area contributed by atoms with Crippen molar-refractivity contribution in [2.24, 2.45) is 0 Å². The van der Waals surface area contributed by atoms with E-state index in [2.05, 4.69) is 4.74 Å². The van der Waals surface area contributed by atoms with Crippen LogP contribution in [-0.2, 0) is 6.11 Å². The minimum atomic E-state index is -4.15. The van der Waals surface area contributed by atoms with Crippen LogP contribution < -0.4 is 4.74 Å². The molecule has 31 heavy (non-hydrogen) atoms. The largest absolute Gasteiger partial charge is 0.429 e. The van der Waals surface area contributed by atoms with E-state index in [9.17, 15) is 22.0 Å². The van der Waals surface area contributed by atoms with Gasteiger partial charge in [-0.2, -0.15) is 8.78 Å². The highest BCUT2D eigenvalue weighted by Gasteiger charge is 2.38. The monoisotopic (exact) mass is 452 g/mol. The van der Waals surface area contributed by atoms with Gasteiger partial charge in [0, 0.05) is 12.1 Å². The molecular weight excluding hydrogens is 435 g/mol. The van der Waals surface area contributed by atoms with E-state index in [4.69, 9.17) is 11.6 Å². The second-order valence-corrected chi connectivity index (χ2v) is 8.00. The van der Waals surface area contributed by atoms with Crippen LogP contribution in [0.15, 0.2) is 54.6 Å². The summed E-state index contributed by atoms with van der Waals surface area (Å²) in [6.07, 6.45) is 0.579. The standard InChI is InChI=1S/C24H18ClF5O/c25-23-21(27)12-18(13-22(23)28)31-24(29,30)19-10-9-17(11-20(19)26)16-7-5-15(6-8-16)14-3-1-2-4-14/h5-14H,1-4H2. The Balaban J connectivity index is 1.56. The Bertz CT molecular complexity index is 1070. The number of benzene rings is 3. The van der Waals surface area contributed by atoms with Crippen LogP contribution in [0.2, 0.25) is 5.02 Å². The van der Waals surface area contributed by atoms with Gasteiger partial charge in [0.15, 0.2) is 0 Å². The van der Waals surface area contributed by atoms with Gasteiger partial charge in [-0.15, -0.1) is 0 Å². The molecule has 0 amide bonds. The summed E-state index contributed by atoms with van der Waals surface area (Å²) in [5.41, 5.74) is 1.30. The molecule has 1 aliphatic rings. The van der Waals surface area contributed by atoms with Crippen LogP contribution in [0.3, 0.4) is 0 Å². The Morgan fingerprint density at radius 1 is 0.774 bits per heavy atom. The highest BCUT2D eigenvalue weighted by Crippen LogP contribution is 2.37. The minimum absolute atomic E-state index is 0.429. The molecule has 0 radical (unpaired) electrons. The fourth-order valence-corrected chi connectivity index (χ4v) is 4.04. The molecule has 0 spiro atoms. The SMILES string of the molecule is Fc1cc(-c2ccc(C3CCCC3)cc2)ccc1C(F)(F)Oc1cc(F)c(Cl)c(F)c1. The van der Waals surface area contributed by atoms with Gasteiger partial charge >= 0.3 is 6.11 Å². The summed E-state index contributed by atoms with van der Waals surface area (Å²) in [4.78, 5) is 0. The molecule has 0 N–H and O–H groups in total. The summed E-state index contributed by atoms with van der Waals surface area (Å²) in [6.45, 7) is 0.